The Morgan fingerprint density at radius 3 is 2.16 bits per heavy atom. The van der Waals surface area contributed by atoms with Crippen LogP contribution in [0, 0.1) is 0 Å². The molecule has 1 aromatic carbocycles. The van der Waals surface area contributed by atoms with Crippen molar-refractivity contribution in [3.05, 3.63) is 24.3 Å². The van der Waals surface area contributed by atoms with Gasteiger partial charge in [0.2, 0.25) is 15.9 Å². The Labute approximate surface area is 194 Å². The van der Waals surface area contributed by atoms with Gasteiger partial charge in [0.15, 0.2) is 0 Å². The first-order chi connectivity index (χ1) is 15.2. The zero-order valence-electron chi connectivity index (χ0n) is 20.1. The van der Waals surface area contributed by atoms with Gasteiger partial charge < -0.3 is 10.2 Å². The largest absolute Gasteiger partial charge is 0.325 e. The van der Waals surface area contributed by atoms with Crippen molar-refractivity contribution in [1.29, 1.82) is 0 Å². The maximum absolute atomic E-state index is 13.0. The fourth-order valence-electron chi connectivity index (χ4n) is 4.92. The SMILES string of the molecule is CC(C)N1CCC(N(C)CC(=O)Nc2ccc(S(=O)(=O)N(C)C3CCCCC3)cc2)CC1. The summed E-state index contributed by atoms with van der Waals surface area (Å²) in [6.07, 6.45) is 7.35. The second-order valence-electron chi connectivity index (χ2n) is 9.66. The van der Waals surface area contributed by atoms with E-state index >= 15 is 0 Å². The van der Waals surface area contributed by atoms with Gasteiger partial charge in [-0.1, -0.05) is 19.3 Å². The first-order valence-corrected chi connectivity index (χ1v) is 13.4. The zero-order chi connectivity index (χ0) is 23.3. The summed E-state index contributed by atoms with van der Waals surface area (Å²) in [6.45, 7) is 6.92. The molecule has 32 heavy (non-hydrogen) atoms. The number of amides is 1. The first kappa shape index (κ1) is 25.1. The highest BCUT2D eigenvalue weighted by Crippen LogP contribution is 2.27. The molecule has 1 saturated heterocycles. The zero-order valence-corrected chi connectivity index (χ0v) is 20.9. The van der Waals surface area contributed by atoms with Crippen LogP contribution in [0.3, 0.4) is 0 Å². The van der Waals surface area contributed by atoms with Crippen LogP contribution in [0.4, 0.5) is 5.69 Å². The topological polar surface area (TPSA) is 73.0 Å². The lowest BCUT2D eigenvalue weighted by Gasteiger charge is -2.38. The Balaban J connectivity index is 1.52. The number of nitrogens with zero attached hydrogens (tertiary/aromatic N) is 3. The molecule has 0 spiro atoms. The number of hydrogen-bond donors (Lipinski definition) is 1. The molecule has 8 heteroatoms. The third kappa shape index (κ3) is 6.31. The Hall–Kier alpha value is -1.48. The Bertz CT molecular complexity index is 843. The number of likely N-dealkylation sites (N-methyl/N-ethyl adjacent to an activating group) is 1. The number of nitrogens with one attached hydrogen (secondary N) is 1. The molecule has 7 nitrogen and oxygen atoms in total. The third-order valence-corrected chi connectivity index (χ3v) is 9.07. The van der Waals surface area contributed by atoms with E-state index in [0.717, 1.165) is 51.6 Å². The van der Waals surface area contributed by atoms with Crippen LogP contribution in [-0.2, 0) is 14.8 Å². The molecule has 0 atom stereocenters. The van der Waals surface area contributed by atoms with Crippen LogP contribution in [0.1, 0.15) is 58.8 Å². The number of piperidine rings is 1. The number of rotatable bonds is 8. The number of carbonyl (C=O) groups excluding carboxylic acids is 1. The van der Waals surface area contributed by atoms with Gasteiger partial charge in [-0.25, -0.2) is 8.42 Å². The lowest BCUT2D eigenvalue weighted by molar-refractivity contribution is -0.117. The second kappa shape index (κ2) is 11.1. The standard InChI is InChI=1S/C24H40N4O3S/c1-19(2)28-16-14-21(15-17-28)26(3)18-24(29)25-20-10-12-23(13-11-20)32(30,31)27(4)22-8-6-5-7-9-22/h10-13,19,21-22H,5-9,14-18H2,1-4H3,(H,25,29). The quantitative estimate of drug-likeness (QED) is 0.639. The summed E-state index contributed by atoms with van der Waals surface area (Å²) >= 11 is 0. The van der Waals surface area contributed by atoms with Crippen LogP contribution in [0.2, 0.25) is 0 Å². The summed E-state index contributed by atoms with van der Waals surface area (Å²) in [4.78, 5) is 17.4. The monoisotopic (exact) mass is 464 g/mol. The minimum Gasteiger partial charge on any atom is -0.325 e. The molecule has 2 fully saturated rings. The highest BCUT2D eigenvalue weighted by atomic mass is 32.2. The molecular formula is C24H40N4O3S. The number of benzene rings is 1. The number of carbonyl (C=O) groups is 1. The highest BCUT2D eigenvalue weighted by molar-refractivity contribution is 7.89. The summed E-state index contributed by atoms with van der Waals surface area (Å²) in [5, 5.41) is 2.91. The summed E-state index contributed by atoms with van der Waals surface area (Å²) in [5.74, 6) is -0.0753. The van der Waals surface area contributed by atoms with Gasteiger partial charge in [-0.3, -0.25) is 9.69 Å². The van der Waals surface area contributed by atoms with Crippen molar-refractivity contribution in [1.82, 2.24) is 14.1 Å². The summed E-state index contributed by atoms with van der Waals surface area (Å²) in [6, 6.07) is 7.61. The average Bonchev–Trinajstić information content (AvgIpc) is 2.79. The van der Waals surface area contributed by atoms with E-state index in [1.54, 1.807) is 31.3 Å². The minimum atomic E-state index is -3.52. The fourth-order valence-corrected chi connectivity index (χ4v) is 6.33. The van der Waals surface area contributed by atoms with Gasteiger partial charge in [-0.05, 0) is 83.9 Å². The van der Waals surface area contributed by atoms with Crippen LogP contribution in [0.15, 0.2) is 29.2 Å². The predicted molar refractivity (Wildman–Crippen MR) is 129 cm³/mol. The fraction of sp³-hybridized carbons (Fsp3) is 0.708. The van der Waals surface area contributed by atoms with E-state index in [0.29, 0.717) is 24.3 Å². The van der Waals surface area contributed by atoms with Crippen molar-refractivity contribution in [2.45, 2.75) is 81.8 Å². The normalized spacial score (nSPS) is 19.7. The molecule has 1 aliphatic heterocycles. The summed E-state index contributed by atoms with van der Waals surface area (Å²) < 4.78 is 27.5. The number of anilines is 1. The molecule has 1 aliphatic carbocycles. The molecule has 1 N–H and O–H groups in total. The number of hydrogen-bond acceptors (Lipinski definition) is 5. The van der Waals surface area contributed by atoms with Crippen LogP contribution in [-0.4, -0.2) is 80.3 Å². The maximum Gasteiger partial charge on any atom is 0.243 e. The minimum absolute atomic E-state index is 0.0753. The van der Waals surface area contributed by atoms with E-state index in [4.69, 9.17) is 0 Å². The van der Waals surface area contributed by atoms with Gasteiger partial charge in [0.25, 0.3) is 0 Å². The van der Waals surface area contributed by atoms with Gasteiger partial charge in [-0.15, -0.1) is 0 Å². The smallest absolute Gasteiger partial charge is 0.243 e. The van der Waals surface area contributed by atoms with Crippen LogP contribution in [0.5, 0.6) is 0 Å². The van der Waals surface area contributed by atoms with E-state index in [1.807, 2.05) is 7.05 Å². The van der Waals surface area contributed by atoms with Gasteiger partial charge in [0.1, 0.15) is 0 Å². The van der Waals surface area contributed by atoms with E-state index in [1.165, 1.54) is 10.7 Å². The maximum atomic E-state index is 13.0. The molecule has 3 rings (SSSR count). The molecule has 2 aliphatic rings. The molecule has 0 radical (unpaired) electrons. The molecule has 0 bridgehead atoms. The van der Waals surface area contributed by atoms with Crippen molar-refractivity contribution >= 4 is 21.6 Å². The number of likely N-dealkylation sites (tertiary alicyclic amines) is 1. The van der Waals surface area contributed by atoms with E-state index < -0.39 is 10.0 Å². The van der Waals surface area contributed by atoms with Crippen LogP contribution >= 0.6 is 0 Å². The molecule has 0 aromatic heterocycles. The lowest BCUT2D eigenvalue weighted by atomic mass is 9.96. The van der Waals surface area contributed by atoms with Crippen molar-refractivity contribution in [3.63, 3.8) is 0 Å². The summed E-state index contributed by atoms with van der Waals surface area (Å²) in [5.41, 5.74) is 0.622. The van der Waals surface area contributed by atoms with Crippen molar-refractivity contribution in [3.8, 4) is 0 Å². The van der Waals surface area contributed by atoms with Gasteiger partial charge >= 0.3 is 0 Å². The number of sulfonamides is 1. The van der Waals surface area contributed by atoms with Crippen molar-refractivity contribution in [2.24, 2.45) is 0 Å². The molecular weight excluding hydrogens is 424 g/mol. The van der Waals surface area contributed by atoms with Crippen molar-refractivity contribution in [2.75, 3.05) is 39.0 Å². The molecule has 1 aromatic rings. The van der Waals surface area contributed by atoms with Crippen LogP contribution in [0.25, 0.3) is 0 Å². The molecule has 1 amide bonds. The van der Waals surface area contributed by atoms with Gasteiger partial charge in [0, 0.05) is 30.9 Å². The van der Waals surface area contributed by atoms with Gasteiger partial charge in [0.05, 0.1) is 11.4 Å². The molecule has 180 valence electrons. The second-order valence-corrected chi connectivity index (χ2v) is 11.7. The summed E-state index contributed by atoms with van der Waals surface area (Å²) in [7, 11) is 0.169. The van der Waals surface area contributed by atoms with Crippen LogP contribution < -0.4 is 5.32 Å². The molecule has 1 heterocycles. The Morgan fingerprint density at radius 2 is 1.59 bits per heavy atom. The molecule has 0 unspecified atom stereocenters. The Morgan fingerprint density at radius 1 is 1.00 bits per heavy atom. The lowest BCUT2D eigenvalue weighted by Crippen LogP contribution is -2.47. The molecule has 1 saturated carbocycles. The van der Waals surface area contributed by atoms with Crippen molar-refractivity contribution < 1.29 is 13.2 Å². The van der Waals surface area contributed by atoms with E-state index in [-0.39, 0.29) is 16.8 Å². The average molecular weight is 465 g/mol. The van der Waals surface area contributed by atoms with E-state index in [2.05, 4.69) is 29.0 Å². The third-order valence-electron chi connectivity index (χ3n) is 7.15. The van der Waals surface area contributed by atoms with E-state index in [9.17, 15) is 13.2 Å². The highest BCUT2D eigenvalue weighted by Gasteiger charge is 2.29. The predicted octanol–water partition coefficient (Wildman–Crippen LogP) is 3.38. The Kier molecular flexibility index (Phi) is 8.72. The first-order valence-electron chi connectivity index (χ1n) is 12.0. The van der Waals surface area contributed by atoms with Gasteiger partial charge in [-0.2, -0.15) is 4.31 Å².